The van der Waals surface area contributed by atoms with Crippen LogP contribution in [0.3, 0.4) is 0 Å². The molecule has 0 amide bonds. The van der Waals surface area contributed by atoms with Crippen LogP contribution in [0.1, 0.15) is 64.6 Å². The summed E-state index contributed by atoms with van der Waals surface area (Å²) in [6.07, 6.45) is 1.78. The fourth-order valence-corrected chi connectivity index (χ4v) is 3.29. The third kappa shape index (κ3) is 7.11. The van der Waals surface area contributed by atoms with Gasteiger partial charge in [0, 0.05) is 24.1 Å². The van der Waals surface area contributed by atoms with Crippen molar-refractivity contribution in [1.82, 2.24) is 4.98 Å². The number of nitrogens with zero attached hydrogens (tertiary/aromatic N) is 2. The van der Waals surface area contributed by atoms with E-state index in [9.17, 15) is 13.2 Å². The van der Waals surface area contributed by atoms with E-state index >= 15 is 0 Å². The second-order valence-corrected chi connectivity index (χ2v) is 8.92. The smallest absolute Gasteiger partial charge is 0.395 e. The van der Waals surface area contributed by atoms with Crippen LogP contribution in [0, 0.1) is 5.41 Å². The zero-order valence-corrected chi connectivity index (χ0v) is 19.3. The highest BCUT2D eigenvalue weighted by Gasteiger charge is 2.31. The van der Waals surface area contributed by atoms with Crippen LogP contribution < -0.4 is 10.6 Å². The molecule has 0 atom stereocenters. The highest BCUT2D eigenvalue weighted by Crippen LogP contribution is 2.30. The van der Waals surface area contributed by atoms with Crippen molar-refractivity contribution in [1.29, 1.82) is 5.41 Å². The number of hydrogen-bond acceptors (Lipinski definition) is 4. The lowest BCUT2D eigenvalue weighted by atomic mass is 9.87. The first-order valence-corrected chi connectivity index (χ1v) is 10.9. The second kappa shape index (κ2) is 10.7. The van der Waals surface area contributed by atoms with Gasteiger partial charge in [-0.1, -0.05) is 59.1 Å². The molecule has 0 fully saturated rings. The molecule has 0 aliphatic heterocycles. The van der Waals surface area contributed by atoms with Gasteiger partial charge in [-0.25, -0.2) is 0 Å². The number of alkyl halides is 3. The number of anilines is 2. The second-order valence-electron chi connectivity index (χ2n) is 8.92. The number of halogens is 3. The van der Waals surface area contributed by atoms with Crippen molar-refractivity contribution >= 4 is 17.1 Å². The molecule has 0 aliphatic carbocycles. The van der Waals surface area contributed by atoms with E-state index in [1.54, 1.807) is 6.07 Å². The molecule has 7 heteroatoms. The van der Waals surface area contributed by atoms with Crippen LogP contribution in [0.15, 0.2) is 54.4 Å². The zero-order chi connectivity index (χ0) is 23.9. The molecular weight excluding hydrogens is 413 g/mol. The maximum Gasteiger partial charge on any atom is 0.430 e. The van der Waals surface area contributed by atoms with Crippen LogP contribution in [0.25, 0.3) is 0 Å². The summed E-state index contributed by atoms with van der Waals surface area (Å²) in [6, 6.07) is 11.8. The Morgan fingerprint density at radius 2 is 1.69 bits per heavy atom. The summed E-state index contributed by atoms with van der Waals surface area (Å²) in [7, 11) is 0. The van der Waals surface area contributed by atoms with E-state index in [2.05, 4.69) is 61.8 Å². The quantitative estimate of drug-likeness (QED) is 0.326. The van der Waals surface area contributed by atoms with Gasteiger partial charge in [0.15, 0.2) is 0 Å². The monoisotopic (exact) mass is 446 g/mol. The summed E-state index contributed by atoms with van der Waals surface area (Å²) in [6.45, 7) is 9.39. The van der Waals surface area contributed by atoms with E-state index in [0.29, 0.717) is 6.08 Å². The molecular formula is C25H33F3N4. The maximum absolute atomic E-state index is 12.8. The Kier molecular flexibility index (Phi) is 8.47. The molecule has 0 saturated carbocycles. The van der Waals surface area contributed by atoms with E-state index < -0.39 is 11.9 Å². The molecule has 0 unspecified atom stereocenters. The van der Waals surface area contributed by atoms with E-state index in [1.807, 2.05) is 6.07 Å². The van der Waals surface area contributed by atoms with Gasteiger partial charge in [-0.15, -0.1) is 0 Å². The van der Waals surface area contributed by atoms with Gasteiger partial charge >= 0.3 is 6.18 Å². The van der Waals surface area contributed by atoms with Crippen molar-refractivity contribution in [3.8, 4) is 0 Å². The van der Waals surface area contributed by atoms with Gasteiger partial charge in [0.05, 0.1) is 11.4 Å². The van der Waals surface area contributed by atoms with Gasteiger partial charge in [-0.2, -0.15) is 13.2 Å². The fourth-order valence-electron chi connectivity index (χ4n) is 3.29. The Labute approximate surface area is 188 Å². The highest BCUT2D eigenvalue weighted by atomic mass is 19.4. The first kappa shape index (κ1) is 25.4. The van der Waals surface area contributed by atoms with Gasteiger partial charge in [0.25, 0.3) is 0 Å². The summed E-state index contributed by atoms with van der Waals surface area (Å²) in [4.78, 5) is 6.21. The minimum Gasteiger partial charge on any atom is -0.395 e. The molecule has 2 rings (SSSR count). The molecule has 174 valence electrons. The number of nitrogens with one attached hydrogen (secondary N) is 1. The third-order valence-electron chi connectivity index (χ3n) is 5.24. The largest absolute Gasteiger partial charge is 0.430 e. The molecule has 0 aliphatic rings. The lowest BCUT2D eigenvalue weighted by Crippen LogP contribution is -2.21. The predicted octanol–water partition coefficient (Wildman–Crippen LogP) is 6.87. The van der Waals surface area contributed by atoms with Gasteiger partial charge < -0.3 is 10.6 Å². The van der Waals surface area contributed by atoms with Crippen molar-refractivity contribution in [2.45, 2.75) is 65.0 Å². The van der Waals surface area contributed by atoms with Gasteiger partial charge in [0.2, 0.25) is 0 Å². The van der Waals surface area contributed by atoms with Crippen LogP contribution in [-0.2, 0) is 5.41 Å². The lowest BCUT2D eigenvalue weighted by Gasteiger charge is -2.27. The molecule has 0 saturated heterocycles. The van der Waals surface area contributed by atoms with Gasteiger partial charge in [-0.3, -0.25) is 10.4 Å². The average Bonchev–Trinajstić information content (AvgIpc) is 2.72. The summed E-state index contributed by atoms with van der Waals surface area (Å²) < 4.78 is 38.3. The molecule has 1 aromatic carbocycles. The maximum atomic E-state index is 12.8. The number of hydrogen-bond donors (Lipinski definition) is 2. The van der Waals surface area contributed by atoms with E-state index in [-0.39, 0.29) is 16.8 Å². The summed E-state index contributed by atoms with van der Waals surface area (Å²) in [5.74, 6) is 0. The summed E-state index contributed by atoms with van der Waals surface area (Å²) in [5.41, 5.74) is 6.54. The number of aromatic nitrogens is 1. The van der Waals surface area contributed by atoms with Crippen LogP contribution in [0.2, 0.25) is 0 Å². The number of pyridine rings is 1. The molecule has 0 bridgehead atoms. The van der Waals surface area contributed by atoms with Gasteiger partial charge in [-0.05, 0) is 47.7 Å². The average molecular weight is 447 g/mol. The van der Waals surface area contributed by atoms with Crippen molar-refractivity contribution in [2.75, 3.05) is 11.4 Å². The SMILES string of the molecule is CCCCCCN(c1ccc(C(C)(C)C)cc1)c1ccnc(C(=N)C=C(N)C(F)(F)F)c1. The lowest BCUT2D eigenvalue weighted by molar-refractivity contribution is -0.0925. The molecule has 4 nitrogen and oxygen atoms in total. The molecule has 1 aromatic heterocycles. The Hall–Kier alpha value is -2.83. The minimum absolute atomic E-state index is 0.0359. The molecule has 2 aromatic rings. The summed E-state index contributed by atoms with van der Waals surface area (Å²) >= 11 is 0. The van der Waals surface area contributed by atoms with Crippen LogP contribution >= 0.6 is 0 Å². The molecule has 0 radical (unpaired) electrons. The standard InChI is InChI=1S/C25H33F3N4/c1-5-6-7-8-15-32(19-11-9-18(10-12-19)24(2,3)4)20-13-14-31-22(16-20)21(29)17-23(30)25(26,27)28/h9-14,16-17,29H,5-8,15,30H2,1-4H3. The van der Waals surface area contributed by atoms with Crippen LogP contribution in [0.4, 0.5) is 24.5 Å². The number of allylic oxidation sites excluding steroid dienone is 2. The van der Waals surface area contributed by atoms with E-state index in [0.717, 1.165) is 43.6 Å². The number of nitrogens with two attached hydrogens (primary N) is 1. The summed E-state index contributed by atoms with van der Waals surface area (Å²) in [5, 5.41) is 8.03. The molecule has 1 heterocycles. The predicted molar refractivity (Wildman–Crippen MR) is 126 cm³/mol. The van der Waals surface area contributed by atoms with Crippen LogP contribution in [0.5, 0.6) is 0 Å². The molecule has 3 N–H and O–H groups in total. The highest BCUT2D eigenvalue weighted by molar-refractivity contribution is 6.06. The third-order valence-corrected chi connectivity index (χ3v) is 5.24. The van der Waals surface area contributed by atoms with E-state index in [4.69, 9.17) is 11.1 Å². The fraction of sp³-hybridized carbons (Fsp3) is 0.440. The zero-order valence-electron chi connectivity index (χ0n) is 19.3. The van der Waals surface area contributed by atoms with Crippen LogP contribution in [-0.4, -0.2) is 23.4 Å². The Balaban J connectivity index is 2.37. The van der Waals surface area contributed by atoms with Crippen molar-refractivity contribution in [3.63, 3.8) is 0 Å². The number of benzene rings is 1. The normalized spacial score (nSPS) is 12.7. The Morgan fingerprint density at radius 3 is 2.25 bits per heavy atom. The topological polar surface area (TPSA) is 66.0 Å². The van der Waals surface area contributed by atoms with Crippen molar-refractivity contribution < 1.29 is 13.2 Å². The van der Waals surface area contributed by atoms with E-state index in [1.165, 1.54) is 11.8 Å². The van der Waals surface area contributed by atoms with Crippen molar-refractivity contribution in [3.05, 3.63) is 65.6 Å². The first-order chi connectivity index (χ1) is 14.9. The number of unbranched alkanes of at least 4 members (excludes halogenated alkanes) is 3. The molecule has 0 spiro atoms. The first-order valence-electron chi connectivity index (χ1n) is 10.9. The Bertz CT molecular complexity index is 925. The molecule has 32 heavy (non-hydrogen) atoms. The minimum atomic E-state index is -4.68. The number of rotatable bonds is 9. The van der Waals surface area contributed by atoms with Gasteiger partial charge in [0.1, 0.15) is 5.70 Å². The Morgan fingerprint density at radius 1 is 1.03 bits per heavy atom. The van der Waals surface area contributed by atoms with Crippen molar-refractivity contribution in [2.24, 2.45) is 5.73 Å².